The van der Waals surface area contributed by atoms with Crippen molar-refractivity contribution in [3.63, 3.8) is 0 Å². The summed E-state index contributed by atoms with van der Waals surface area (Å²) < 4.78 is 8.49. The topological polar surface area (TPSA) is 61.4 Å². The molecule has 0 atom stereocenters. The fourth-order valence-corrected chi connectivity index (χ4v) is 3.66. The number of hydrogen-bond donors (Lipinski definition) is 0. The van der Waals surface area contributed by atoms with Crippen molar-refractivity contribution >= 4 is 5.52 Å². The third-order valence-corrected chi connectivity index (χ3v) is 5.00. The molecule has 4 aromatic rings. The number of pyridine rings is 1. The van der Waals surface area contributed by atoms with Crippen LogP contribution in [0.25, 0.3) is 22.5 Å². The Hall–Kier alpha value is -3.41. The van der Waals surface area contributed by atoms with Gasteiger partial charge in [-0.1, -0.05) is 18.2 Å². The molecule has 0 aliphatic heterocycles. The van der Waals surface area contributed by atoms with Crippen LogP contribution in [0.3, 0.4) is 0 Å². The summed E-state index contributed by atoms with van der Waals surface area (Å²) in [6.45, 7) is 6.00. The van der Waals surface area contributed by atoms with E-state index < -0.39 is 0 Å². The fraction of sp³-hybridized carbons (Fsp3) is 0.190. The molecule has 0 saturated carbocycles. The fourth-order valence-electron chi connectivity index (χ4n) is 3.66. The largest absolute Gasteiger partial charge is 0.496 e. The molecule has 27 heavy (non-hydrogen) atoms. The SMILES string of the molecule is COc1cccc(-c2c(C)c3cnn(-c4ccccn4)c(=O)n3c2C)c1C. The van der Waals surface area contributed by atoms with Crippen LogP contribution in [-0.2, 0) is 0 Å². The van der Waals surface area contributed by atoms with Crippen LogP contribution in [0.5, 0.6) is 5.75 Å². The molecule has 0 N–H and O–H groups in total. The van der Waals surface area contributed by atoms with Crippen LogP contribution in [0.4, 0.5) is 0 Å². The smallest absolute Gasteiger partial charge is 0.355 e. The van der Waals surface area contributed by atoms with Gasteiger partial charge in [-0.15, -0.1) is 0 Å². The van der Waals surface area contributed by atoms with Crippen molar-refractivity contribution in [3.8, 4) is 22.7 Å². The molecule has 0 radical (unpaired) electrons. The molecule has 4 rings (SSSR count). The van der Waals surface area contributed by atoms with Crippen molar-refractivity contribution in [1.82, 2.24) is 19.2 Å². The van der Waals surface area contributed by atoms with E-state index in [4.69, 9.17) is 4.74 Å². The number of rotatable bonds is 3. The molecule has 0 amide bonds. The molecule has 3 heterocycles. The van der Waals surface area contributed by atoms with Gasteiger partial charge in [-0.05, 0) is 55.7 Å². The maximum atomic E-state index is 13.2. The van der Waals surface area contributed by atoms with Gasteiger partial charge in [0.05, 0.1) is 18.8 Å². The van der Waals surface area contributed by atoms with Crippen molar-refractivity contribution in [2.24, 2.45) is 0 Å². The number of hydrogen-bond acceptors (Lipinski definition) is 4. The Balaban J connectivity index is 2.03. The second-order valence-electron chi connectivity index (χ2n) is 6.47. The number of fused-ring (bicyclic) bond motifs is 1. The lowest BCUT2D eigenvalue weighted by Crippen LogP contribution is -2.28. The van der Waals surface area contributed by atoms with Crippen LogP contribution >= 0.6 is 0 Å². The number of aromatic nitrogens is 4. The molecular weight excluding hydrogens is 340 g/mol. The zero-order chi connectivity index (χ0) is 19.1. The van der Waals surface area contributed by atoms with Gasteiger partial charge in [-0.2, -0.15) is 9.78 Å². The molecule has 0 spiro atoms. The first-order chi connectivity index (χ1) is 13.0. The van der Waals surface area contributed by atoms with E-state index in [1.165, 1.54) is 4.68 Å². The molecule has 0 saturated heterocycles. The Morgan fingerprint density at radius 1 is 1.00 bits per heavy atom. The highest BCUT2D eigenvalue weighted by molar-refractivity contribution is 5.81. The molecule has 0 fully saturated rings. The van der Waals surface area contributed by atoms with Crippen molar-refractivity contribution in [2.45, 2.75) is 20.8 Å². The monoisotopic (exact) mass is 360 g/mol. The number of nitrogens with zero attached hydrogens (tertiary/aromatic N) is 4. The Labute approximate surface area is 156 Å². The third kappa shape index (κ3) is 2.52. The average molecular weight is 360 g/mol. The molecule has 6 nitrogen and oxygen atoms in total. The Morgan fingerprint density at radius 2 is 1.81 bits per heavy atom. The van der Waals surface area contributed by atoms with Crippen molar-refractivity contribution in [1.29, 1.82) is 0 Å². The second-order valence-corrected chi connectivity index (χ2v) is 6.47. The van der Waals surface area contributed by atoms with E-state index in [1.807, 2.05) is 45.0 Å². The predicted octanol–water partition coefficient (Wildman–Crippen LogP) is 3.48. The molecule has 0 aliphatic carbocycles. The van der Waals surface area contributed by atoms with Gasteiger partial charge in [0.1, 0.15) is 5.75 Å². The van der Waals surface area contributed by atoms with Crippen LogP contribution in [0.15, 0.2) is 53.6 Å². The summed E-state index contributed by atoms with van der Waals surface area (Å²) in [4.78, 5) is 17.4. The minimum atomic E-state index is -0.237. The molecule has 6 heteroatoms. The van der Waals surface area contributed by atoms with Crippen LogP contribution in [0, 0.1) is 20.8 Å². The lowest BCUT2D eigenvalue weighted by molar-refractivity contribution is 0.412. The summed E-state index contributed by atoms with van der Waals surface area (Å²) in [5, 5.41) is 4.34. The lowest BCUT2D eigenvalue weighted by atomic mass is 9.97. The molecule has 1 aromatic carbocycles. The van der Waals surface area contributed by atoms with Crippen molar-refractivity contribution in [3.05, 3.63) is 76.1 Å². The van der Waals surface area contributed by atoms with Gasteiger partial charge in [-0.3, -0.25) is 4.40 Å². The van der Waals surface area contributed by atoms with Gasteiger partial charge < -0.3 is 4.74 Å². The highest BCUT2D eigenvalue weighted by Gasteiger charge is 2.20. The quantitative estimate of drug-likeness (QED) is 0.561. The highest BCUT2D eigenvalue weighted by Crippen LogP contribution is 2.36. The van der Waals surface area contributed by atoms with E-state index in [0.29, 0.717) is 5.82 Å². The number of benzene rings is 1. The van der Waals surface area contributed by atoms with Gasteiger partial charge in [-0.25, -0.2) is 9.78 Å². The zero-order valence-corrected chi connectivity index (χ0v) is 15.7. The summed E-state index contributed by atoms with van der Waals surface area (Å²) in [5.41, 5.74) is 5.57. The van der Waals surface area contributed by atoms with Gasteiger partial charge in [0, 0.05) is 17.5 Å². The first kappa shape index (κ1) is 17.0. The van der Waals surface area contributed by atoms with Gasteiger partial charge in [0.15, 0.2) is 5.82 Å². The molecular formula is C21H20N4O2. The zero-order valence-electron chi connectivity index (χ0n) is 15.7. The summed E-state index contributed by atoms with van der Waals surface area (Å²) in [7, 11) is 1.66. The van der Waals surface area contributed by atoms with Crippen LogP contribution in [-0.4, -0.2) is 26.3 Å². The summed E-state index contributed by atoms with van der Waals surface area (Å²) in [6, 6.07) is 11.4. The van der Waals surface area contributed by atoms with Gasteiger partial charge in [0.2, 0.25) is 0 Å². The number of methoxy groups -OCH3 is 1. The van der Waals surface area contributed by atoms with Crippen LogP contribution in [0.2, 0.25) is 0 Å². The number of ether oxygens (including phenoxy) is 1. The minimum Gasteiger partial charge on any atom is -0.496 e. The van der Waals surface area contributed by atoms with E-state index in [0.717, 1.165) is 39.2 Å². The van der Waals surface area contributed by atoms with E-state index in [2.05, 4.69) is 16.1 Å². The van der Waals surface area contributed by atoms with Gasteiger partial charge >= 0.3 is 5.69 Å². The van der Waals surface area contributed by atoms with E-state index in [9.17, 15) is 4.79 Å². The Bertz CT molecular complexity index is 1210. The first-order valence-electron chi connectivity index (χ1n) is 8.70. The van der Waals surface area contributed by atoms with Crippen LogP contribution < -0.4 is 10.4 Å². The maximum absolute atomic E-state index is 13.2. The summed E-state index contributed by atoms with van der Waals surface area (Å²) in [5.74, 6) is 1.32. The molecule has 3 aromatic heterocycles. The third-order valence-electron chi connectivity index (χ3n) is 5.00. The average Bonchev–Trinajstić information content (AvgIpc) is 2.94. The molecule has 0 unspecified atom stereocenters. The normalized spacial score (nSPS) is 11.1. The highest BCUT2D eigenvalue weighted by atomic mass is 16.5. The van der Waals surface area contributed by atoms with Crippen LogP contribution in [0.1, 0.15) is 16.8 Å². The predicted molar refractivity (Wildman–Crippen MR) is 105 cm³/mol. The standard InChI is InChI=1S/C21H20N4O2/c1-13-16(8-7-9-18(13)27-4)20-14(2)17-12-23-25(19-10-5-6-11-22-19)21(26)24(17)15(20)3/h5-12H,1-4H3. The van der Waals surface area contributed by atoms with E-state index in [1.54, 1.807) is 30.0 Å². The number of aryl methyl sites for hydroxylation is 2. The lowest BCUT2D eigenvalue weighted by Gasteiger charge is -2.11. The minimum absolute atomic E-state index is 0.237. The molecule has 0 aliphatic rings. The Morgan fingerprint density at radius 3 is 2.52 bits per heavy atom. The summed E-state index contributed by atoms with van der Waals surface area (Å²) >= 11 is 0. The second kappa shape index (κ2) is 6.39. The van der Waals surface area contributed by atoms with E-state index in [-0.39, 0.29) is 5.69 Å². The Kier molecular flexibility index (Phi) is 4.03. The molecule has 0 bridgehead atoms. The molecule has 136 valence electrons. The van der Waals surface area contributed by atoms with E-state index >= 15 is 0 Å². The maximum Gasteiger partial charge on any atom is 0.355 e. The van der Waals surface area contributed by atoms with Crippen molar-refractivity contribution in [2.75, 3.05) is 7.11 Å². The first-order valence-corrected chi connectivity index (χ1v) is 8.70. The van der Waals surface area contributed by atoms with Crippen molar-refractivity contribution < 1.29 is 4.74 Å². The summed E-state index contributed by atoms with van der Waals surface area (Å²) in [6.07, 6.45) is 3.36. The van der Waals surface area contributed by atoms with Gasteiger partial charge in [0.25, 0.3) is 0 Å².